The van der Waals surface area contributed by atoms with Crippen LogP contribution in [0.1, 0.15) is 25.1 Å². The summed E-state index contributed by atoms with van der Waals surface area (Å²) in [4.78, 5) is 14.3. The summed E-state index contributed by atoms with van der Waals surface area (Å²) in [6, 6.07) is 11.1. The number of ether oxygens (including phenoxy) is 1. The molecule has 142 valence electrons. The Balaban J connectivity index is 1.71. The van der Waals surface area contributed by atoms with Crippen LogP contribution in [0.4, 0.5) is 0 Å². The molecule has 8 heteroatoms. The topological polar surface area (TPSA) is 76.3 Å². The van der Waals surface area contributed by atoms with Gasteiger partial charge in [0, 0.05) is 25.6 Å². The molecule has 1 aromatic carbocycles. The van der Waals surface area contributed by atoms with Crippen LogP contribution in [0.15, 0.2) is 47.1 Å². The van der Waals surface area contributed by atoms with Crippen molar-refractivity contribution >= 4 is 18.1 Å². The first kappa shape index (κ1) is 18.9. The Bertz CT molecular complexity index is 944. The Kier molecular flexibility index (Phi) is 5.75. The highest BCUT2D eigenvalue weighted by atomic mass is 32.1. The van der Waals surface area contributed by atoms with Gasteiger partial charge in [0.15, 0.2) is 10.6 Å². The number of furan rings is 1. The van der Waals surface area contributed by atoms with Crippen LogP contribution >= 0.6 is 12.2 Å². The van der Waals surface area contributed by atoms with Gasteiger partial charge in [0.25, 0.3) is 0 Å². The Labute approximate surface area is 162 Å². The van der Waals surface area contributed by atoms with Gasteiger partial charge in [-0.1, -0.05) is 0 Å². The lowest BCUT2D eigenvalue weighted by atomic mass is 10.2. The third kappa shape index (κ3) is 4.11. The third-order valence-corrected chi connectivity index (χ3v) is 4.90. The van der Waals surface area contributed by atoms with E-state index in [1.165, 1.54) is 0 Å². The van der Waals surface area contributed by atoms with Gasteiger partial charge in [0.1, 0.15) is 11.5 Å². The van der Waals surface area contributed by atoms with Crippen LogP contribution in [0, 0.1) is 4.77 Å². The monoisotopic (exact) mass is 386 g/mol. The highest BCUT2D eigenvalue weighted by molar-refractivity contribution is 7.71. The van der Waals surface area contributed by atoms with E-state index in [4.69, 9.17) is 21.4 Å². The first-order valence-corrected chi connectivity index (χ1v) is 9.00. The number of rotatable bonds is 7. The maximum absolute atomic E-state index is 12.6. The Morgan fingerprint density at radius 2 is 2.11 bits per heavy atom. The van der Waals surface area contributed by atoms with Crippen LogP contribution in [0.2, 0.25) is 0 Å². The molecule has 1 unspecified atom stereocenters. The van der Waals surface area contributed by atoms with Crippen molar-refractivity contribution in [3.8, 4) is 17.1 Å². The van der Waals surface area contributed by atoms with E-state index in [1.807, 2.05) is 47.9 Å². The number of methoxy groups -OCH3 is 1. The number of carbonyl (C=O) groups is 1. The van der Waals surface area contributed by atoms with E-state index < -0.39 is 0 Å². The fraction of sp³-hybridized carbons (Fsp3) is 0.316. The minimum Gasteiger partial charge on any atom is -0.497 e. The fourth-order valence-electron chi connectivity index (χ4n) is 2.81. The van der Waals surface area contributed by atoms with E-state index in [0.717, 1.165) is 17.1 Å². The molecule has 0 aliphatic carbocycles. The normalized spacial score (nSPS) is 12.0. The summed E-state index contributed by atoms with van der Waals surface area (Å²) in [7, 11) is 3.39. The molecule has 0 spiro atoms. The average molecular weight is 386 g/mol. The van der Waals surface area contributed by atoms with E-state index in [0.29, 0.717) is 23.6 Å². The zero-order chi connectivity index (χ0) is 19.4. The lowest BCUT2D eigenvalue weighted by Crippen LogP contribution is -2.30. The third-order valence-electron chi connectivity index (χ3n) is 4.59. The van der Waals surface area contributed by atoms with Gasteiger partial charge in [0.2, 0.25) is 5.91 Å². The Morgan fingerprint density at radius 3 is 2.74 bits per heavy atom. The SMILES string of the molecule is COc1ccc(-c2n[nH]c(=S)n2CCC(=O)N(C)C(C)c2ccco2)cc1. The van der Waals surface area contributed by atoms with E-state index >= 15 is 0 Å². The molecule has 2 aromatic heterocycles. The second-order valence-corrected chi connectivity index (χ2v) is 6.57. The summed E-state index contributed by atoms with van der Waals surface area (Å²) < 4.78 is 12.9. The zero-order valence-corrected chi connectivity index (χ0v) is 16.3. The first-order valence-electron chi connectivity index (χ1n) is 8.60. The molecule has 0 bridgehead atoms. The second kappa shape index (κ2) is 8.22. The molecule has 0 radical (unpaired) electrons. The summed E-state index contributed by atoms with van der Waals surface area (Å²) >= 11 is 5.34. The van der Waals surface area contributed by atoms with Crippen molar-refractivity contribution in [2.45, 2.75) is 25.9 Å². The van der Waals surface area contributed by atoms with Crippen LogP contribution in [-0.2, 0) is 11.3 Å². The summed E-state index contributed by atoms with van der Waals surface area (Å²) in [5, 5.41) is 7.11. The molecule has 0 saturated heterocycles. The van der Waals surface area contributed by atoms with Crippen LogP contribution in [0.3, 0.4) is 0 Å². The molecule has 1 N–H and O–H groups in total. The highest BCUT2D eigenvalue weighted by Crippen LogP contribution is 2.22. The van der Waals surface area contributed by atoms with E-state index in [2.05, 4.69) is 10.2 Å². The molecule has 0 aliphatic heterocycles. The van der Waals surface area contributed by atoms with Gasteiger partial charge in [-0.3, -0.25) is 14.5 Å². The van der Waals surface area contributed by atoms with Crippen molar-refractivity contribution in [3.05, 3.63) is 53.2 Å². The average Bonchev–Trinajstić information content (AvgIpc) is 3.35. The standard InChI is InChI=1S/C19H22N4O3S/c1-13(16-5-4-12-26-16)22(2)17(24)10-11-23-18(20-21-19(23)27)14-6-8-15(25-3)9-7-14/h4-9,12-13H,10-11H2,1-3H3,(H,21,27). The van der Waals surface area contributed by atoms with Crippen molar-refractivity contribution in [1.29, 1.82) is 0 Å². The van der Waals surface area contributed by atoms with Gasteiger partial charge in [-0.15, -0.1) is 0 Å². The largest absolute Gasteiger partial charge is 0.497 e. The number of carbonyl (C=O) groups excluding carboxylic acids is 1. The maximum Gasteiger partial charge on any atom is 0.224 e. The van der Waals surface area contributed by atoms with Crippen molar-refractivity contribution in [2.75, 3.05) is 14.2 Å². The second-order valence-electron chi connectivity index (χ2n) is 6.18. The molecule has 0 saturated carbocycles. The number of benzene rings is 1. The van der Waals surface area contributed by atoms with Gasteiger partial charge in [0.05, 0.1) is 19.4 Å². The Hall–Kier alpha value is -2.87. The molecule has 2 heterocycles. The number of aromatic nitrogens is 3. The molecule has 27 heavy (non-hydrogen) atoms. The summed E-state index contributed by atoms with van der Waals surface area (Å²) in [6.07, 6.45) is 1.91. The van der Waals surface area contributed by atoms with Gasteiger partial charge >= 0.3 is 0 Å². The fourth-order valence-corrected chi connectivity index (χ4v) is 3.03. The van der Waals surface area contributed by atoms with Crippen molar-refractivity contribution in [3.63, 3.8) is 0 Å². The number of nitrogens with one attached hydrogen (secondary N) is 1. The van der Waals surface area contributed by atoms with Crippen LogP contribution < -0.4 is 4.74 Å². The minimum atomic E-state index is -0.133. The lowest BCUT2D eigenvalue weighted by Gasteiger charge is -2.23. The van der Waals surface area contributed by atoms with Gasteiger partial charge in [-0.2, -0.15) is 5.10 Å². The quantitative estimate of drug-likeness (QED) is 0.625. The smallest absolute Gasteiger partial charge is 0.224 e. The van der Waals surface area contributed by atoms with Crippen LogP contribution in [0.5, 0.6) is 5.75 Å². The van der Waals surface area contributed by atoms with E-state index in [-0.39, 0.29) is 11.9 Å². The molecule has 7 nitrogen and oxygen atoms in total. The van der Waals surface area contributed by atoms with Gasteiger partial charge < -0.3 is 14.1 Å². The van der Waals surface area contributed by atoms with Crippen molar-refractivity contribution < 1.29 is 13.9 Å². The van der Waals surface area contributed by atoms with Gasteiger partial charge in [-0.05, 0) is 55.5 Å². The number of amides is 1. The van der Waals surface area contributed by atoms with Crippen LogP contribution in [-0.4, -0.2) is 39.7 Å². The van der Waals surface area contributed by atoms with Gasteiger partial charge in [-0.25, -0.2) is 0 Å². The molecule has 1 amide bonds. The Morgan fingerprint density at radius 1 is 1.37 bits per heavy atom. The number of aromatic amines is 1. The molecule has 0 fully saturated rings. The predicted molar refractivity (Wildman–Crippen MR) is 104 cm³/mol. The maximum atomic E-state index is 12.6. The molecular formula is C19H22N4O3S. The van der Waals surface area contributed by atoms with Crippen molar-refractivity contribution in [1.82, 2.24) is 19.7 Å². The summed E-state index contributed by atoms with van der Waals surface area (Å²) in [6.45, 7) is 2.37. The number of hydrogen-bond donors (Lipinski definition) is 1. The number of H-pyrrole nitrogens is 1. The molecular weight excluding hydrogens is 364 g/mol. The first-order chi connectivity index (χ1) is 13.0. The summed E-state index contributed by atoms with van der Waals surface area (Å²) in [5.74, 6) is 2.22. The molecule has 3 aromatic rings. The molecule has 0 aliphatic rings. The number of hydrogen-bond acceptors (Lipinski definition) is 5. The highest BCUT2D eigenvalue weighted by Gasteiger charge is 2.20. The van der Waals surface area contributed by atoms with E-state index in [1.54, 1.807) is 25.3 Å². The molecule has 3 rings (SSSR count). The lowest BCUT2D eigenvalue weighted by molar-refractivity contribution is -0.132. The van der Waals surface area contributed by atoms with Crippen LogP contribution in [0.25, 0.3) is 11.4 Å². The summed E-state index contributed by atoms with van der Waals surface area (Å²) in [5.41, 5.74) is 0.896. The van der Waals surface area contributed by atoms with Crippen molar-refractivity contribution in [2.24, 2.45) is 0 Å². The molecule has 1 atom stereocenters. The minimum absolute atomic E-state index is 0.00248. The zero-order valence-electron chi connectivity index (χ0n) is 15.5. The van der Waals surface area contributed by atoms with E-state index in [9.17, 15) is 4.79 Å². The number of nitrogens with zero attached hydrogens (tertiary/aromatic N) is 3. The predicted octanol–water partition coefficient (Wildman–Crippen LogP) is 3.82.